The van der Waals surface area contributed by atoms with Crippen molar-refractivity contribution >= 4 is 28.6 Å². The van der Waals surface area contributed by atoms with Crippen LogP contribution < -0.4 is 10.1 Å². The van der Waals surface area contributed by atoms with Crippen LogP contribution in [0.2, 0.25) is 5.02 Å². The Hall–Kier alpha value is -2.59. The molecule has 1 saturated carbocycles. The van der Waals surface area contributed by atoms with E-state index in [1.165, 1.54) is 61.7 Å². The van der Waals surface area contributed by atoms with Gasteiger partial charge in [-0.05, 0) is 74.8 Å². The highest BCUT2D eigenvalue weighted by molar-refractivity contribution is 6.33. The fourth-order valence-electron chi connectivity index (χ4n) is 5.25. The molecule has 1 N–H and O–H groups in total. The Morgan fingerprint density at radius 2 is 1.97 bits per heavy atom. The molecule has 1 spiro atoms. The number of hydrogen-bond acceptors (Lipinski definition) is 6. The highest BCUT2D eigenvalue weighted by Gasteiger charge is 2.45. The number of rotatable bonds is 6. The van der Waals surface area contributed by atoms with Gasteiger partial charge in [-0.3, -0.25) is 0 Å². The monoisotopic (exact) mass is 494 g/mol. The second-order valence-electron chi connectivity index (χ2n) is 9.30. The molecule has 0 bridgehead atoms. The van der Waals surface area contributed by atoms with E-state index in [-0.39, 0.29) is 5.75 Å². The summed E-state index contributed by atoms with van der Waals surface area (Å²) in [6, 6.07) is 7.19. The van der Waals surface area contributed by atoms with Gasteiger partial charge < -0.3 is 15.0 Å². The molecule has 34 heavy (non-hydrogen) atoms. The molecule has 1 saturated heterocycles. The van der Waals surface area contributed by atoms with Gasteiger partial charge >= 0.3 is 6.36 Å². The maximum Gasteiger partial charge on any atom is 0.573 e. The van der Waals surface area contributed by atoms with Gasteiger partial charge in [-0.2, -0.15) is 4.68 Å². The second-order valence-corrected chi connectivity index (χ2v) is 9.70. The summed E-state index contributed by atoms with van der Waals surface area (Å²) in [5, 5.41) is 11.9. The summed E-state index contributed by atoms with van der Waals surface area (Å²) in [5.41, 5.74) is 1.69. The number of likely N-dealkylation sites (tertiary alicyclic amines) is 1. The predicted molar refractivity (Wildman–Crippen MR) is 123 cm³/mol. The van der Waals surface area contributed by atoms with Crippen LogP contribution in [0.3, 0.4) is 0 Å². The Labute approximate surface area is 200 Å². The van der Waals surface area contributed by atoms with Gasteiger partial charge in [0.15, 0.2) is 5.65 Å². The topological polar surface area (TPSA) is 68.1 Å². The minimum Gasteiger partial charge on any atom is -0.406 e. The maximum absolute atomic E-state index is 12.6. The molecular weight excluding hydrogens is 469 g/mol. The number of piperidine rings is 1. The van der Waals surface area contributed by atoms with Gasteiger partial charge in [0.2, 0.25) is 0 Å². The standard InChI is InChI=1S/C23H26ClF3N6O/c1-2-32-8-6-22(7-9-32)12-15(13-22)14-28-20-18(24)11-19-21(29-20)33(31-30-19)16-4-3-5-17(10-16)34-23(25,26)27/h3-5,10-11,15H,2,6-9,12-14H2,1H3,(H,28,29). The quantitative estimate of drug-likeness (QED) is 0.502. The number of fused-ring (bicyclic) bond motifs is 1. The van der Waals surface area contributed by atoms with Crippen LogP contribution in [0.4, 0.5) is 19.0 Å². The summed E-state index contributed by atoms with van der Waals surface area (Å²) in [5.74, 6) is 0.743. The SMILES string of the molecule is CCN1CCC2(CC1)CC(CNc1nc3c(cc1Cl)nnn3-c1cccc(OC(F)(F)F)c1)C2. The van der Waals surface area contributed by atoms with E-state index in [1.54, 1.807) is 12.1 Å². The third-order valence-corrected chi connectivity index (χ3v) is 7.33. The van der Waals surface area contributed by atoms with Gasteiger partial charge in [0.25, 0.3) is 0 Å². The lowest BCUT2D eigenvalue weighted by atomic mass is 9.57. The Balaban J connectivity index is 1.28. The van der Waals surface area contributed by atoms with Crippen LogP contribution in [0.25, 0.3) is 16.9 Å². The number of hydrogen-bond donors (Lipinski definition) is 1. The summed E-state index contributed by atoms with van der Waals surface area (Å²) in [4.78, 5) is 7.11. The van der Waals surface area contributed by atoms with Gasteiger partial charge in [-0.1, -0.05) is 29.8 Å². The third kappa shape index (κ3) is 4.79. The minimum absolute atomic E-state index is 0.343. The van der Waals surface area contributed by atoms with Crippen molar-refractivity contribution in [3.05, 3.63) is 35.4 Å². The molecule has 0 radical (unpaired) electrons. The molecule has 0 unspecified atom stereocenters. The zero-order valence-electron chi connectivity index (χ0n) is 18.8. The fourth-order valence-corrected chi connectivity index (χ4v) is 5.46. The van der Waals surface area contributed by atoms with Gasteiger partial charge in [-0.15, -0.1) is 18.3 Å². The molecule has 3 heterocycles. The van der Waals surface area contributed by atoms with E-state index in [0.717, 1.165) is 13.1 Å². The average molecular weight is 495 g/mol. The Morgan fingerprint density at radius 3 is 2.68 bits per heavy atom. The van der Waals surface area contributed by atoms with Gasteiger partial charge in [0.1, 0.15) is 17.1 Å². The Bertz CT molecular complexity index is 1170. The van der Waals surface area contributed by atoms with Crippen molar-refractivity contribution in [2.75, 3.05) is 31.5 Å². The van der Waals surface area contributed by atoms with E-state index >= 15 is 0 Å². The Kier molecular flexibility index (Phi) is 6.05. The molecule has 2 aromatic heterocycles. The first-order valence-electron chi connectivity index (χ1n) is 11.5. The zero-order valence-corrected chi connectivity index (χ0v) is 19.5. The van der Waals surface area contributed by atoms with Crippen LogP contribution >= 0.6 is 11.6 Å². The van der Waals surface area contributed by atoms with E-state index in [2.05, 4.69) is 37.2 Å². The van der Waals surface area contributed by atoms with Crippen molar-refractivity contribution in [3.63, 3.8) is 0 Å². The van der Waals surface area contributed by atoms with Crippen molar-refractivity contribution in [1.29, 1.82) is 0 Å². The number of nitrogens with one attached hydrogen (secondary N) is 1. The highest BCUT2D eigenvalue weighted by atomic mass is 35.5. The molecule has 2 aliphatic rings. The molecule has 11 heteroatoms. The highest BCUT2D eigenvalue weighted by Crippen LogP contribution is 2.52. The van der Waals surface area contributed by atoms with Crippen LogP contribution in [0, 0.1) is 11.3 Å². The first kappa shape index (κ1) is 23.2. The number of pyridine rings is 1. The van der Waals surface area contributed by atoms with E-state index < -0.39 is 6.36 Å². The van der Waals surface area contributed by atoms with Crippen LogP contribution in [-0.4, -0.2) is 57.4 Å². The van der Waals surface area contributed by atoms with Crippen molar-refractivity contribution in [2.24, 2.45) is 11.3 Å². The number of halogens is 4. The molecular formula is C23H26ClF3N6O. The van der Waals surface area contributed by atoms with E-state index in [4.69, 9.17) is 11.6 Å². The number of anilines is 1. The minimum atomic E-state index is -4.78. The van der Waals surface area contributed by atoms with Crippen LogP contribution in [-0.2, 0) is 0 Å². The third-order valence-electron chi connectivity index (χ3n) is 7.04. The van der Waals surface area contributed by atoms with E-state index in [1.807, 2.05) is 0 Å². The van der Waals surface area contributed by atoms with E-state index in [0.29, 0.717) is 39.0 Å². The second kappa shape index (κ2) is 8.88. The molecule has 5 rings (SSSR count). The summed E-state index contributed by atoms with van der Waals surface area (Å²) in [6.45, 7) is 6.49. The van der Waals surface area contributed by atoms with Gasteiger partial charge in [0, 0.05) is 12.6 Å². The van der Waals surface area contributed by atoms with E-state index in [9.17, 15) is 13.2 Å². The molecule has 1 aliphatic heterocycles. The predicted octanol–water partition coefficient (Wildman–Crippen LogP) is 5.29. The summed E-state index contributed by atoms with van der Waals surface area (Å²) < 4.78 is 43.2. The Morgan fingerprint density at radius 1 is 1.21 bits per heavy atom. The average Bonchev–Trinajstić information content (AvgIpc) is 3.18. The smallest absolute Gasteiger partial charge is 0.406 e. The number of benzene rings is 1. The molecule has 1 aliphatic carbocycles. The molecule has 0 amide bonds. The summed E-state index contributed by atoms with van der Waals surface area (Å²) in [7, 11) is 0. The summed E-state index contributed by atoms with van der Waals surface area (Å²) in [6.07, 6.45) is 0.180. The number of ether oxygens (including phenoxy) is 1. The number of nitrogens with zero attached hydrogens (tertiary/aromatic N) is 5. The van der Waals surface area contributed by atoms with Crippen molar-refractivity contribution in [2.45, 2.75) is 39.0 Å². The maximum atomic E-state index is 12.6. The summed E-state index contributed by atoms with van der Waals surface area (Å²) >= 11 is 6.42. The molecule has 182 valence electrons. The lowest BCUT2D eigenvalue weighted by Gasteiger charge is -2.52. The largest absolute Gasteiger partial charge is 0.573 e. The van der Waals surface area contributed by atoms with Gasteiger partial charge in [0.05, 0.1) is 10.7 Å². The number of alkyl halides is 3. The number of aromatic nitrogens is 4. The van der Waals surface area contributed by atoms with Gasteiger partial charge in [-0.25, -0.2) is 4.98 Å². The first-order valence-corrected chi connectivity index (χ1v) is 11.9. The normalized spacial score (nSPS) is 18.9. The molecule has 0 atom stereocenters. The molecule has 1 aromatic carbocycles. The first-order chi connectivity index (χ1) is 16.2. The van der Waals surface area contributed by atoms with Crippen LogP contribution in [0.1, 0.15) is 32.6 Å². The molecule has 2 fully saturated rings. The zero-order chi connectivity index (χ0) is 23.9. The lowest BCUT2D eigenvalue weighted by Crippen LogP contribution is -2.48. The van der Waals surface area contributed by atoms with Crippen LogP contribution in [0.15, 0.2) is 30.3 Å². The van der Waals surface area contributed by atoms with Crippen molar-refractivity contribution < 1.29 is 17.9 Å². The fraction of sp³-hybridized carbons (Fsp3) is 0.522. The van der Waals surface area contributed by atoms with Crippen molar-refractivity contribution in [3.8, 4) is 11.4 Å². The molecule has 7 nitrogen and oxygen atoms in total. The lowest BCUT2D eigenvalue weighted by molar-refractivity contribution is -0.274. The molecule has 3 aromatic rings. The van der Waals surface area contributed by atoms with Crippen molar-refractivity contribution in [1.82, 2.24) is 24.9 Å². The van der Waals surface area contributed by atoms with Crippen LogP contribution in [0.5, 0.6) is 5.75 Å².